The van der Waals surface area contributed by atoms with Crippen molar-refractivity contribution in [2.24, 2.45) is 15.0 Å². The van der Waals surface area contributed by atoms with E-state index in [4.69, 9.17) is 44.3 Å². The summed E-state index contributed by atoms with van der Waals surface area (Å²) in [4.78, 5) is 44.5. The first-order valence-corrected chi connectivity index (χ1v) is 18.1. The van der Waals surface area contributed by atoms with Crippen LogP contribution >= 0.6 is 34.8 Å². The van der Waals surface area contributed by atoms with E-state index in [0.29, 0.717) is 28.3 Å². The normalized spacial score (nSPS) is 12.1. The van der Waals surface area contributed by atoms with Crippen molar-refractivity contribution in [3.05, 3.63) is 189 Å². The van der Waals surface area contributed by atoms with Crippen LogP contribution in [0.3, 0.4) is 0 Å². The number of esters is 2. The van der Waals surface area contributed by atoms with Crippen LogP contribution in [0.4, 0.5) is 0 Å². The van der Waals surface area contributed by atoms with Gasteiger partial charge in [-0.3, -0.25) is 9.79 Å². The summed E-state index contributed by atoms with van der Waals surface area (Å²) in [7, 11) is 0. The number of nitrogens with zero attached hydrogens (tertiary/aromatic N) is 5. The summed E-state index contributed by atoms with van der Waals surface area (Å²) in [5.41, 5.74) is 5.75. The van der Waals surface area contributed by atoms with E-state index in [1.54, 1.807) is 13.8 Å². The first kappa shape index (κ1) is 41.8. The van der Waals surface area contributed by atoms with E-state index in [-0.39, 0.29) is 30.0 Å². The minimum absolute atomic E-state index is 0.0347. The van der Waals surface area contributed by atoms with E-state index in [2.05, 4.69) is 30.3 Å². The first-order chi connectivity index (χ1) is 26.8. The fourth-order valence-corrected chi connectivity index (χ4v) is 4.97. The fourth-order valence-electron chi connectivity index (χ4n) is 4.67. The lowest BCUT2D eigenvalue weighted by molar-refractivity contribution is -0.141. The van der Waals surface area contributed by atoms with Crippen molar-refractivity contribution in [3.63, 3.8) is 0 Å². The van der Waals surface area contributed by atoms with Gasteiger partial charge in [-0.1, -0.05) is 156 Å². The van der Waals surface area contributed by atoms with Gasteiger partial charge in [0.2, 0.25) is 0 Å². The molecule has 4 aromatic carbocycles. The molecule has 0 saturated carbocycles. The number of ether oxygens (including phenoxy) is 2. The van der Waals surface area contributed by atoms with Crippen molar-refractivity contribution in [1.82, 2.24) is 15.3 Å². The summed E-state index contributed by atoms with van der Waals surface area (Å²) in [5, 5.41) is 3.95. The van der Waals surface area contributed by atoms with Gasteiger partial charge in [-0.25, -0.2) is 24.7 Å². The number of aliphatic imine (C=N–C) groups is 3. The molecule has 1 aromatic heterocycles. The Morgan fingerprint density at radius 3 is 1.45 bits per heavy atom. The molecule has 2 heterocycles. The van der Waals surface area contributed by atoms with E-state index in [0.717, 1.165) is 28.0 Å². The second kappa shape index (κ2) is 23.0. The SMILES string of the molecule is CCOC(=O)/C(N=C(c1ccccc1)c1ccccc1)=C1\C=NC(Cl)=CN1.CCOC(=O)CN=C(c1ccccc1)c1ccccc1.Clc1cnc(Cl)cn1. The lowest BCUT2D eigenvalue weighted by Crippen LogP contribution is -2.20. The summed E-state index contributed by atoms with van der Waals surface area (Å²) in [6.07, 6.45) is 5.75. The van der Waals surface area contributed by atoms with Crippen molar-refractivity contribution < 1.29 is 19.1 Å². The molecule has 0 spiro atoms. The molecular weight excluding hydrogens is 759 g/mol. The minimum atomic E-state index is -0.540. The van der Waals surface area contributed by atoms with Gasteiger partial charge in [0, 0.05) is 28.5 Å². The Morgan fingerprint density at radius 2 is 1.07 bits per heavy atom. The Hall–Kier alpha value is -5.94. The third-order valence-electron chi connectivity index (χ3n) is 7.06. The Kier molecular flexibility index (Phi) is 17.5. The maximum Gasteiger partial charge on any atom is 0.359 e. The second-order valence-electron chi connectivity index (χ2n) is 10.9. The van der Waals surface area contributed by atoms with Gasteiger partial charge in [0.1, 0.15) is 22.0 Å². The zero-order chi connectivity index (χ0) is 39.3. The maximum atomic E-state index is 12.6. The highest BCUT2D eigenvalue weighted by atomic mass is 35.5. The molecule has 0 bridgehead atoms. The van der Waals surface area contributed by atoms with Crippen LogP contribution in [-0.4, -0.2) is 59.3 Å². The predicted molar refractivity (Wildman–Crippen MR) is 220 cm³/mol. The monoisotopic (exact) mass is 794 g/mol. The third-order valence-corrected chi connectivity index (χ3v) is 7.66. The van der Waals surface area contributed by atoms with Gasteiger partial charge in [0.15, 0.2) is 5.70 Å². The van der Waals surface area contributed by atoms with Gasteiger partial charge in [-0.2, -0.15) is 0 Å². The van der Waals surface area contributed by atoms with Crippen LogP contribution in [0.2, 0.25) is 10.3 Å². The summed E-state index contributed by atoms with van der Waals surface area (Å²) >= 11 is 16.6. The summed E-state index contributed by atoms with van der Waals surface area (Å²) in [6.45, 7) is 4.19. The molecule has 13 heteroatoms. The van der Waals surface area contributed by atoms with Crippen LogP contribution < -0.4 is 5.32 Å². The molecule has 55 heavy (non-hydrogen) atoms. The molecule has 1 aliphatic rings. The lowest BCUT2D eigenvalue weighted by Gasteiger charge is -2.13. The molecule has 0 fully saturated rings. The van der Waals surface area contributed by atoms with Crippen LogP contribution in [0.5, 0.6) is 0 Å². The molecule has 6 rings (SSSR count). The average molecular weight is 796 g/mol. The Balaban J connectivity index is 0.000000209. The highest BCUT2D eigenvalue weighted by molar-refractivity contribution is 6.31. The molecule has 0 saturated heterocycles. The van der Waals surface area contributed by atoms with Crippen molar-refractivity contribution >= 4 is 64.4 Å². The van der Waals surface area contributed by atoms with Crippen LogP contribution in [0.25, 0.3) is 0 Å². The maximum absolute atomic E-state index is 12.6. The predicted octanol–water partition coefficient (Wildman–Crippen LogP) is 8.88. The number of hydrogen-bond donors (Lipinski definition) is 1. The van der Waals surface area contributed by atoms with E-state index >= 15 is 0 Å². The standard InChI is InChI=1S/C21H18ClN3O2.C17H17NO2.C4H2Cl2N2/c1-2-27-21(26)20(17-13-24-18(22)14-23-17)25-19(15-9-5-3-6-10-15)16-11-7-4-8-12-16;1-2-20-16(19)13-18-17(14-9-5-3-6-10-14)15-11-7-4-8-12-15;5-3-1-7-4(6)2-8-3/h3-14,23H,2H2,1H3;3-12H,2,13H2,1H3;1-2H/b20-17-;;. The second-order valence-corrected chi connectivity index (χ2v) is 12.1. The Morgan fingerprint density at radius 1 is 0.636 bits per heavy atom. The van der Waals surface area contributed by atoms with Gasteiger partial charge in [0.25, 0.3) is 0 Å². The molecule has 1 aliphatic heterocycles. The largest absolute Gasteiger partial charge is 0.465 e. The average Bonchev–Trinajstić information content (AvgIpc) is 3.22. The Labute approximate surface area is 335 Å². The zero-order valence-corrected chi connectivity index (χ0v) is 32.2. The van der Waals surface area contributed by atoms with Crippen LogP contribution in [0.1, 0.15) is 36.1 Å². The van der Waals surface area contributed by atoms with Gasteiger partial charge in [-0.05, 0) is 13.8 Å². The molecule has 0 aliphatic carbocycles. The number of hydrogen-bond acceptors (Lipinski definition) is 10. The molecule has 0 radical (unpaired) electrons. The fraction of sp³-hybridized carbons (Fsp3) is 0.119. The molecule has 5 aromatic rings. The van der Waals surface area contributed by atoms with Gasteiger partial charge in [0.05, 0.1) is 48.9 Å². The number of allylic oxidation sites excluding steroid dienone is 1. The molecule has 0 atom stereocenters. The molecular formula is C42H37Cl3N6O4. The molecule has 0 amide bonds. The zero-order valence-electron chi connectivity index (χ0n) is 30.0. The quantitative estimate of drug-likeness (QED) is 0.0648. The van der Waals surface area contributed by atoms with Gasteiger partial charge >= 0.3 is 11.9 Å². The minimum Gasteiger partial charge on any atom is -0.465 e. The first-order valence-electron chi connectivity index (χ1n) is 17.0. The summed E-state index contributed by atoms with van der Waals surface area (Å²) < 4.78 is 10.1. The van der Waals surface area contributed by atoms with Crippen molar-refractivity contribution in [2.45, 2.75) is 13.8 Å². The third kappa shape index (κ3) is 14.1. The van der Waals surface area contributed by atoms with Gasteiger partial charge in [-0.15, -0.1) is 0 Å². The number of halogens is 3. The van der Waals surface area contributed by atoms with E-state index in [9.17, 15) is 9.59 Å². The lowest BCUT2D eigenvalue weighted by atomic mass is 10.0. The number of benzene rings is 4. The number of nitrogens with one attached hydrogen (secondary N) is 1. The van der Waals surface area contributed by atoms with Crippen molar-refractivity contribution in [2.75, 3.05) is 19.8 Å². The van der Waals surface area contributed by atoms with E-state index < -0.39 is 5.97 Å². The van der Waals surface area contributed by atoms with Crippen LogP contribution in [0, 0.1) is 0 Å². The van der Waals surface area contributed by atoms with E-state index in [1.807, 2.05) is 121 Å². The van der Waals surface area contributed by atoms with Gasteiger partial charge < -0.3 is 14.8 Å². The highest BCUT2D eigenvalue weighted by Crippen LogP contribution is 2.18. The van der Waals surface area contributed by atoms with Crippen LogP contribution in [0.15, 0.2) is 171 Å². The smallest absolute Gasteiger partial charge is 0.359 e. The molecule has 10 nitrogen and oxygen atoms in total. The molecule has 0 unspecified atom stereocenters. The topological polar surface area (TPSA) is 127 Å². The number of aromatic nitrogens is 2. The number of carbonyl (C=O) groups excluding carboxylic acids is 2. The summed E-state index contributed by atoms with van der Waals surface area (Å²) in [5.74, 6) is -0.848. The van der Waals surface area contributed by atoms with Crippen molar-refractivity contribution in [1.29, 1.82) is 0 Å². The Bertz CT molecular complexity index is 2020. The number of carbonyl (C=O) groups is 2. The summed E-state index contributed by atoms with van der Waals surface area (Å²) in [6, 6.07) is 39.0. The number of rotatable bonds is 10. The van der Waals surface area contributed by atoms with Crippen molar-refractivity contribution in [3.8, 4) is 0 Å². The highest BCUT2D eigenvalue weighted by Gasteiger charge is 2.19. The van der Waals surface area contributed by atoms with E-state index in [1.165, 1.54) is 24.8 Å². The molecule has 280 valence electrons. The molecule has 1 N–H and O–H groups in total. The van der Waals surface area contributed by atoms with Crippen LogP contribution in [-0.2, 0) is 19.1 Å².